The van der Waals surface area contributed by atoms with Crippen molar-refractivity contribution in [2.24, 2.45) is 0 Å². The first-order chi connectivity index (χ1) is 11.5. The largest absolute Gasteiger partial charge is 0.381 e. The molecule has 0 fully saturated rings. The van der Waals surface area contributed by atoms with Crippen molar-refractivity contribution in [3.05, 3.63) is 52.5 Å². The van der Waals surface area contributed by atoms with Crippen LogP contribution in [-0.4, -0.2) is 25.0 Å². The number of aliphatic hydroxyl groups is 1. The Kier molecular flexibility index (Phi) is 5.63. The van der Waals surface area contributed by atoms with Crippen LogP contribution < -0.4 is 10.0 Å². The van der Waals surface area contributed by atoms with Crippen molar-refractivity contribution in [3.63, 3.8) is 0 Å². The van der Waals surface area contributed by atoms with Crippen LogP contribution in [0.15, 0.2) is 47.4 Å². The fourth-order valence-electron chi connectivity index (χ4n) is 1.77. The van der Waals surface area contributed by atoms with E-state index >= 15 is 0 Å². The van der Waals surface area contributed by atoms with Crippen molar-refractivity contribution in [1.82, 2.24) is 0 Å². The lowest BCUT2D eigenvalue weighted by Crippen LogP contribution is -2.36. The van der Waals surface area contributed by atoms with E-state index < -0.39 is 21.5 Å². The van der Waals surface area contributed by atoms with Gasteiger partial charge in [-0.3, -0.25) is 9.52 Å². The summed E-state index contributed by atoms with van der Waals surface area (Å²) < 4.78 is 27.2. The van der Waals surface area contributed by atoms with Gasteiger partial charge in [-0.05, 0) is 56.3 Å². The summed E-state index contributed by atoms with van der Waals surface area (Å²) in [7, 11) is -3.86. The van der Waals surface area contributed by atoms with Crippen molar-refractivity contribution < 1.29 is 18.3 Å². The highest BCUT2D eigenvalue weighted by Gasteiger charge is 2.25. The molecule has 0 aliphatic heterocycles. The van der Waals surface area contributed by atoms with Crippen LogP contribution in [0.5, 0.6) is 0 Å². The topological polar surface area (TPSA) is 95.5 Å². The zero-order valence-corrected chi connectivity index (χ0v) is 15.7. The molecule has 2 rings (SSSR count). The third-order valence-electron chi connectivity index (χ3n) is 3.15. The van der Waals surface area contributed by atoms with Crippen molar-refractivity contribution >= 4 is 50.5 Å². The molecule has 134 valence electrons. The predicted octanol–water partition coefficient (Wildman–Crippen LogP) is 3.50. The van der Waals surface area contributed by atoms with Crippen molar-refractivity contribution in [3.8, 4) is 0 Å². The highest BCUT2D eigenvalue weighted by Crippen LogP contribution is 2.27. The van der Waals surface area contributed by atoms with Crippen LogP contribution in [-0.2, 0) is 14.8 Å². The maximum absolute atomic E-state index is 12.4. The van der Waals surface area contributed by atoms with Gasteiger partial charge in [-0.2, -0.15) is 0 Å². The zero-order valence-electron chi connectivity index (χ0n) is 13.4. The van der Waals surface area contributed by atoms with Crippen LogP contribution in [0.4, 0.5) is 11.4 Å². The molecule has 0 aliphatic rings. The lowest BCUT2D eigenvalue weighted by atomic mass is 10.1. The molecule has 0 saturated carbocycles. The second kappa shape index (κ2) is 7.21. The fourth-order valence-corrected chi connectivity index (χ4v) is 3.27. The Hall–Kier alpha value is -1.80. The molecule has 25 heavy (non-hydrogen) atoms. The van der Waals surface area contributed by atoms with Crippen LogP contribution in [0, 0.1) is 0 Å². The average molecular weight is 403 g/mol. The predicted molar refractivity (Wildman–Crippen MR) is 98.6 cm³/mol. The third-order valence-corrected chi connectivity index (χ3v) is 5.09. The van der Waals surface area contributed by atoms with E-state index in [-0.39, 0.29) is 15.6 Å². The summed E-state index contributed by atoms with van der Waals surface area (Å²) in [5.41, 5.74) is -1.05. The van der Waals surface area contributed by atoms with E-state index in [0.717, 1.165) is 0 Å². The SMILES string of the molecule is CC(C)(O)C(=O)Nc1ccc(S(=O)(=O)Nc2ccc(Cl)cc2)cc1Cl. The first-order valence-corrected chi connectivity index (χ1v) is 9.35. The van der Waals surface area contributed by atoms with Crippen molar-refractivity contribution in [1.29, 1.82) is 0 Å². The summed E-state index contributed by atoms with van der Waals surface area (Å²) in [6.45, 7) is 2.65. The molecule has 0 aliphatic carbocycles. The quantitative estimate of drug-likeness (QED) is 0.712. The van der Waals surface area contributed by atoms with Gasteiger partial charge in [0.1, 0.15) is 5.60 Å². The molecule has 1 amide bonds. The highest BCUT2D eigenvalue weighted by molar-refractivity contribution is 7.92. The number of nitrogens with one attached hydrogen (secondary N) is 2. The molecule has 3 N–H and O–H groups in total. The average Bonchev–Trinajstić information content (AvgIpc) is 2.50. The Morgan fingerprint density at radius 1 is 1.08 bits per heavy atom. The Balaban J connectivity index is 2.23. The molecule has 0 heterocycles. The molecular weight excluding hydrogens is 387 g/mol. The van der Waals surface area contributed by atoms with Gasteiger partial charge in [0.15, 0.2) is 0 Å². The molecule has 6 nitrogen and oxygen atoms in total. The Morgan fingerprint density at radius 2 is 1.68 bits per heavy atom. The Morgan fingerprint density at radius 3 is 2.20 bits per heavy atom. The minimum atomic E-state index is -3.86. The number of rotatable bonds is 5. The van der Waals surface area contributed by atoms with Gasteiger partial charge >= 0.3 is 0 Å². The number of anilines is 2. The van der Waals surface area contributed by atoms with Gasteiger partial charge in [0.05, 0.1) is 15.6 Å². The molecular formula is C16H16Cl2N2O4S. The molecule has 0 radical (unpaired) electrons. The minimum Gasteiger partial charge on any atom is -0.381 e. The monoisotopic (exact) mass is 402 g/mol. The number of carbonyl (C=O) groups excluding carboxylic acids is 1. The van der Waals surface area contributed by atoms with Crippen LogP contribution >= 0.6 is 23.2 Å². The zero-order chi connectivity index (χ0) is 18.8. The molecule has 2 aromatic carbocycles. The van der Waals surface area contributed by atoms with Gasteiger partial charge in [0, 0.05) is 10.7 Å². The second-order valence-electron chi connectivity index (χ2n) is 5.77. The summed E-state index contributed by atoms with van der Waals surface area (Å²) in [4.78, 5) is 11.7. The highest BCUT2D eigenvalue weighted by atomic mass is 35.5. The fraction of sp³-hybridized carbons (Fsp3) is 0.188. The van der Waals surface area contributed by atoms with Gasteiger partial charge in [-0.15, -0.1) is 0 Å². The maximum atomic E-state index is 12.4. The van der Waals surface area contributed by atoms with Gasteiger partial charge < -0.3 is 10.4 Å². The molecule has 9 heteroatoms. The number of sulfonamides is 1. The van der Waals surface area contributed by atoms with E-state index in [9.17, 15) is 18.3 Å². The van der Waals surface area contributed by atoms with E-state index in [0.29, 0.717) is 10.7 Å². The smallest absolute Gasteiger partial charge is 0.261 e. The summed E-state index contributed by atoms with van der Waals surface area (Å²) >= 11 is 11.8. The van der Waals surface area contributed by atoms with Crippen LogP contribution in [0.1, 0.15) is 13.8 Å². The van der Waals surface area contributed by atoms with Gasteiger partial charge in [-0.25, -0.2) is 8.42 Å². The summed E-state index contributed by atoms with van der Waals surface area (Å²) in [5, 5.41) is 12.6. The number of amides is 1. The van der Waals surface area contributed by atoms with Gasteiger partial charge in [0.2, 0.25) is 0 Å². The van der Waals surface area contributed by atoms with Crippen LogP contribution in [0.3, 0.4) is 0 Å². The van der Waals surface area contributed by atoms with Crippen molar-refractivity contribution in [2.45, 2.75) is 24.3 Å². The second-order valence-corrected chi connectivity index (χ2v) is 8.29. The first-order valence-electron chi connectivity index (χ1n) is 7.11. The molecule has 2 aromatic rings. The standard InChI is InChI=1S/C16H16Cl2N2O4S/c1-16(2,22)15(21)19-14-8-7-12(9-13(14)18)25(23,24)20-11-5-3-10(17)4-6-11/h3-9,20,22H,1-2H3,(H,19,21). The lowest BCUT2D eigenvalue weighted by Gasteiger charge is -2.17. The molecule has 0 unspecified atom stereocenters. The first kappa shape index (κ1) is 19.5. The van der Waals surface area contributed by atoms with Crippen LogP contribution in [0.2, 0.25) is 10.0 Å². The number of carbonyl (C=O) groups is 1. The van der Waals surface area contributed by atoms with Gasteiger partial charge in [0.25, 0.3) is 15.9 Å². The van der Waals surface area contributed by atoms with E-state index in [1.165, 1.54) is 44.2 Å². The maximum Gasteiger partial charge on any atom is 0.261 e. The van der Waals surface area contributed by atoms with Gasteiger partial charge in [-0.1, -0.05) is 23.2 Å². The van der Waals surface area contributed by atoms with E-state index in [1.54, 1.807) is 12.1 Å². The third kappa shape index (κ3) is 5.09. The molecule has 0 spiro atoms. The summed E-state index contributed by atoms with van der Waals surface area (Å²) in [6.07, 6.45) is 0. The summed E-state index contributed by atoms with van der Waals surface area (Å²) in [6, 6.07) is 10.0. The van der Waals surface area contributed by atoms with E-state index in [2.05, 4.69) is 10.0 Å². The molecule has 0 atom stereocenters. The van der Waals surface area contributed by atoms with Crippen molar-refractivity contribution in [2.75, 3.05) is 10.0 Å². The lowest BCUT2D eigenvalue weighted by molar-refractivity contribution is -0.130. The van der Waals surface area contributed by atoms with E-state index in [4.69, 9.17) is 23.2 Å². The Labute approximate surface area is 155 Å². The van der Waals surface area contributed by atoms with E-state index in [1.807, 2.05) is 0 Å². The minimum absolute atomic E-state index is 0.0246. The van der Waals surface area contributed by atoms with Crippen LogP contribution in [0.25, 0.3) is 0 Å². The summed E-state index contributed by atoms with van der Waals surface area (Å²) in [5.74, 6) is -0.663. The number of hydrogen-bond acceptors (Lipinski definition) is 4. The number of hydrogen-bond donors (Lipinski definition) is 3. The number of benzene rings is 2. The normalized spacial score (nSPS) is 11.9. The molecule has 0 aromatic heterocycles. The molecule has 0 saturated heterocycles. The Bertz CT molecular complexity index is 891. The molecule has 0 bridgehead atoms. The number of halogens is 2.